The van der Waals surface area contributed by atoms with E-state index in [0.29, 0.717) is 13.1 Å². The number of nitrogens with zero attached hydrogens (tertiary/aromatic N) is 4. The third kappa shape index (κ3) is 3.02. The number of hydrogen-bond donors (Lipinski definition) is 1. The summed E-state index contributed by atoms with van der Waals surface area (Å²) in [6, 6.07) is 14.4. The molecule has 0 aliphatic carbocycles. The van der Waals surface area contributed by atoms with Crippen LogP contribution in [-0.2, 0) is 13.1 Å². The molecule has 0 saturated heterocycles. The first-order chi connectivity index (χ1) is 12.2. The Morgan fingerprint density at radius 2 is 1.84 bits per heavy atom. The fraction of sp³-hybridized carbons (Fsp3) is 0.150. The zero-order valence-electron chi connectivity index (χ0n) is 14.1. The van der Waals surface area contributed by atoms with Crippen molar-refractivity contribution in [1.82, 2.24) is 19.5 Å². The van der Waals surface area contributed by atoms with Crippen LogP contribution in [0.2, 0.25) is 0 Å². The minimum absolute atomic E-state index is 0.552. The average molecular weight is 329 g/mol. The van der Waals surface area contributed by atoms with Gasteiger partial charge in [-0.2, -0.15) is 0 Å². The molecule has 0 fully saturated rings. The summed E-state index contributed by atoms with van der Waals surface area (Å²) in [7, 11) is 0. The maximum atomic E-state index is 5.69. The molecule has 0 spiro atoms. The van der Waals surface area contributed by atoms with Crippen molar-refractivity contribution in [3.63, 3.8) is 0 Å². The molecule has 0 atom stereocenters. The van der Waals surface area contributed by atoms with E-state index >= 15 is 0 Å². The van der Waals surface area contributed by atoms with E-state index in [-0.39, 0.29) is 0 Å². The summed E-state index contributed by atoms with van der Waals surface area (Å²) in [5.74, 6) is 0.879. The van der Waals surface area contributed by atoms with Crippen LogP contribution in [0.5, 0.6) is 0 Å². The van der Waals surface area contributed by atoms with E-state index in [0.717, 1.165) is 33.7 Å². The van der Waals surface area contributed by atoms with Gasteiger partial charge in [0.2, 0.25) is 0 Å². The standard InChI is InChI=1S/C20H19N5/c1-14-9-18-20(23-11-14)25(13-16-6-4-15(10-21)5-7-16)19(24-18)17-3-2-8-22-12-17/h2-9,11-12H,10,13,21H2,1H3. The van der Waals surface area contributed by atoms with E-state index in [1.807, 2.05) is 31.5 Å². The van der Waals surface area contributed by atoms with Gasteiger partial charge >= 0.3 is 0 Å². The van der Waals surface area contributed by atoms with Crippen molar-refractivity contribution in [1.29, 1.82) is 0 Å². The summed E-state index contributed by atoms with van der Waals surface area (Å²) in [6.45, 7) is 3.28. The number of hydrogen-bond acceptors (Lipinski definition) is 4. The van der Waals surface area contributed by atoms with E-state index in [1.54, 1.807) is 6.20 Å². The monoisotopic (exact) mass is 329 g/mol. The number of pyridine rings is 2. The molecular weight excluding hydrogens is 310 g/mol. The second-order valence-corrected chi connectivity index (χ2v) is 6.14. The van der Waals surface area contributed by atoms with Gasteiger partial charge in [-0.05, 0) is 41.8 Å². The lowest BCUT2D eigenvalue weighted by Gasteiger charge is -2.09. The molecule has 0 unspecified atom stereocenters. The summed E-state index contributed by atoms with van der Waals surface area (Å²) in [5, 5.41) is 0. The van der Waals surface area contributed by atoms with Gasteiger partial charge in [0.05, 0.1) is 6.54 Å². The van der Waals surface area contributed by atoms with E-state index in [2.05, 4.69) is 44.9 Å². The highest BCUT2D eigenvalue weighted by atomic mass is 15.1. The molecule has 124 valence electrons. The number of imidazole rings is 1. The lowest BCUT2D eigenvalue weighted by atomic mass is 10.1. The van der Waals surface area contributed by atoms with Crippen LogP contribution < -0.4 is 5.73 Å². The number of aryl methyl sites for hydroxylation is 1. The largest absolute Gasteiger partial charge is 0.326 e. The maximum absolute atomic E-state index is 5.69. The highest BCUT2D eigenvalue weighted by Crippen LogP contribution is 2.24. The minimum Gasteiger partial charge on any atom is -0.326 e. The molecule has 3 aromatic heterocycles. The smallest absolute Gasteiger partial charge is 0.160 e. The van der Waals surface area contributed by atoms with Gasteiger partial charge in [-0.25, -0.2) is 9.97 Å². The van der Waals surface area contributed by atoms with Crippen molar-refractivity contribution < 1.29 is 0 Å². The molecule has 4 aromatic rings. The summed E-state index contributed by atoms with van der Waals surface area (Å²) < 4.78 is 2.14. The molecule has 0 aliphatic heterocycles. The summed E-state index contributed by atoms with van der Waals surface area (Å²) in [5.41, 5.74) is 11.9. The molecule has 0 saturated carbocycles. The Balaban J connectivity index is 1.84. The number of aromatic nitrogens is 4. The molecule has 25 heavy (non-hydrogen) atoms. The minimum atomic E-state index is 0.552. The Labute approximate surface area is 146 Å². The SMILES string of the molecule is Cc1cnc2c(c1)nc(-c1cccnc1)n2Cc1ccc(CN)cc1. The molecule has 5 nitrogen and oxygen atoms in total. The molecule has 0 bridgehead atoms. The van der Waals surface area contributed by atoms with Crippen LogP contribution in [0.25, 0.3) is 22.6 Å². The fourth-order valence-electron chi connectivity index (χ4n) is 2.94. The van der Waals surface area contributed by atoms with Crippen molar-refractivity contribution in [3.8, 4) is 11.4 Å². The van der Waals surface area contributed by atoms with Crippen molar-refractivity contribution in [2.45, 2.75) is 20.0 Å². The zero-order chi connectivity index (χ0) is 17.2. The Kier molecular flexibility index (Phi) is 3.99. The predicted octanol–water partition coefficient (Wildman–Crippen LogP) is 3.31. The molecule has 3 heterocycles. The Hall–Kier alpha value is -3.05. The van der Waals surface area contributed by atoms with Crippen LogP contribution in [0.1, 0.15) is 16.7 Å². The molecule has 0 aliphatic rings. The maximum Gasteiger partial charge on any atom is 0.160 e. The molecule has 2 N–H and O–H groups in total. The van der Waals surface area contributed by atoms with Crippen molar-refractivity contribution in [3.05, 3.63) is 77.7 Å². The normalized spacial score (nSPS) is 11.1. The van der Waals surface area contributed by atoms with Crippen molar-refractivity contribution in [2.75, 3.05) is 0 Å². The van der Waals surface area contributed by atoms with Gasteiger partial charge in [0, 0.05) is 30.7 Å². The van der Waals surface area contributed by atoms with Gasteiger partial charge in [0.1, 0.15) is 11.3 Å². The van der Waals surface area contributed by atoms with Gasteiger partial charge in [-0.3, -0.25) is 4.98 Å². The summed E-state index contributed by atoms with van der Waals surface area (Å²) >= 11 is 0. The third-order valence-corrected chi connectivity index (χ3v) is 4.24. The van der Waals surface area contributed by atoms with Crippen LogP contribution in [0.4, 0.5) is 0 Å². The van der Waals surface area contributed by atoms with Crippen molar-refractivity contribution in [2.24, 2.45) is 5.73 Å². The third-order valence-electron chi connectivity index (χ3n) is 4.24. The molecule has 1 aromatic carbocycles. The fourth-order valence-corrected chi connectivity index (χ4v) is 2.94. The van der Waals surface area contributed by atoms with Crippen LogP contribution in [0.3, 0.4) is 0 Å². The first-order valence-electron chi connectivity index (χ1n) is 8.26. The Morgan fingerprint density at radius 1 is 1.04 bits per heavy atom. The average Bonchev–Trinajstić information content (AvgIpc) is 3.00. The lowest BCUT2D eigenvalue weighted by Crippen LogP contribution is -2.04. The number of rotatable bonds is 4. The predicted molar refractivity (Wildman–Crippen MR) is 98.9 cm³/mol. The summed E-state index contributed by atoms with van der Waals surface area (Å²) in [4.78, 5) is 13.7. The first-order valence-corrected chi connectivity index (χ1v) is 8.26. The van der Waals surface area contributed by atoms with Crippen LogP contribution >= 0.6 is 0 Å². The van der Waals surface area contributed by atoms with Crippen LogP contribution in [0.15, 0.2) is 61.1 Å². The van der Waals surface area contributed by atoms with Gasteiger partial charge < -0.3 is 10.3 Å². The van der Waals surface area contributed by atoms with Crippen molar-refractivity contribution >= 4 is 11.2 Å². The van der Waals surface area contributed by atoms with Gasteiger partial charge in [-0.15, -0.1) is 0 Å². The number of benzene rings is 1. The zero-order valence-corrected chi connectivity index (χ0v) is 14.1. The molecule has 4 rings (SSSR count). The Bertz CT molecular complexity index is 1000. The quantitative estimate of drug-likeness (QED) is 0.623. The molecular formula is C20H19N5. The van der Waals surface area contributed by atoms with E-state index < -0.39 is 0 Å². The van der Waals surface area contributed by atoms with E-state index in [9.17, 15) is 0 Å². The van der Waals surface area contributed by atoms with Gasteiger partial charge in [0.25, 0.3) is 0 Å². The highest BCUT2D eigenvalue weighted by molar-refractivity contribution is 5.77. The molecule has 0 amide bonds. The Morgan fingerprint density at radius 3 is 2.56 bits per heavy atom. The van der Waals surface area contributed by atoms with Gasteiger partial charge in [-0.1, -0.05) is 24.3 Å². The first kappa shape index (κ1) is 15.5. The van der Waals surface area contributed by atoms with Crippen LogP contribution in [-0.4, -0.2) is 19.5 Å². The second-order valence-electron chi connectivity index (χ2n) is 6.14. The summed E-state index contributed by atoms with van der Waals surface area (Å²) in [6.07, 6.45) is 5.48. The van der Waals surface area contributed by atoms with Gasteiger partial charge in [0.15, 0.2) is 5.65 Å². The van der Waals surface area contributed by atoms with E-state index in [4.69, 9.17) is 10.7 Å². The number of fused-ring (bicyclic) bond motifs is 1. The number of nitrogens with two attached hydrogens (primary N) is 1. The second kappa shape index (κ2) is 6.45. The highest BCUT2D eigenvalue weighted by Gasteiger charge is 2.14. The van der Waals surface area contributed by atoms with E-state index in [1.165, 1.54) is 5.56 Å². The van der Waals surface area contributed by atoms with Crippen LogP contribution in [0, 0.1) is 6.92 Å². The molecule has 0 radical (unpaired) electrons. The lowest BCUT2D eigenvalue weighted by molar-refractivity contribution is 0.822. The topological polar surface area (TPSA) is 69.6 Å². The molecule has 5 heteroatoms.